The summed E-state index contributed by atoms with van der Waals surface area (Å²) < 4.78 is 5.90. The van der Waals surface area contributed by atoms with Crippen LogP contribution in [0.3, 0.4) is 0 Å². The minimum absolute atomic E-state index is 0.578. The highest BCUT2D eigenvalue weighted by Crippen LogP contribution is 2.35. The molecule has 3 rings (SSSR count). The Morgan fingerprint density at radius 3 is 2.81 bits per heavy atom. The zero-order chi connectivity index (χ0) is 14.5. The second-order valence-electron chi connectivity index (χ2n) is 5.66. The summed E-state index contributed by atoms with van der Waals surface area (Å²) in [5, 5.41) is 3.50. The smallest absolute Gasteiger partial charge is 0.122 e. The van der Waals surface area contributed by atoms with Crippen LogP contribution in [0.1, 0.15) is 36.8 Å². The van der Waals surface area contributed by atoms with Gasteiger partial charge in [0.2, 0.25) is 0 Å². The van der Waals surface area contributed by atoms with E-state index in [1.165, 1.54) is 23.2 Å². The van der Waals surface area contributed by atoms with E-state index in [1.807, 2.05) is 0 Å². The zero-order valence-corrected chi connectivity index (χ0v) is 12.6. The van der Waals surface area contributed by atoms with E-state index in [1.54, 1.807) is 0 Å². The topological polar surface area (TPSA) is 21.3 Å². The maximum Gasteiger partial charge on any atom is 0.122 e. The third kappa shape index (κ3) is 3.21. The van der Waals surface area contributed by atoms with E-state index in [4.69, 9.17) is 4.74 Å². The van der Waals surface area contributed by atoms with Crippen molar-refractivity contribution in [1.29, 1.82) is 0 Å². The Labute approximate surface area is 127 Å². The molecule has 21 heavy (non-hydrogen) atoms. The summed E-state index contributed by atoms with van der Waals surface area (Å²) in [6, 6.07) is 17.1. The Balaban J connectivity index is 1.81. The van der Waals surface area contributed by atoms with Crippen molar-refractivity contribution < 1.29 is 4.74 Å². The summed E-state index contributed by atoms with van der Waals surface area (Å²) in [6.45, 7) is 3.99. The molecule has 0 bridgehead atoms. The van der Waals surface area contributed by atoms with Gasteiger partial charge < -0.3 is 10.1 Å². The summed E-state index contributed by atoms with van der Waals surface area (Å²) in [7, 11) is 0. The van der Waals surface area contributed by atoms with Crippen LogP contribution in [0.25, 0.3) is 0 Å². The van der Waals surface area contributed by atoms with E-state index >= 15 is 0 Å². The van der Waals surface area contributed by atoms with Crippen molar-refractivity contribution in [1.82, 2.24) is 0 Å². The van der Waals surface area contributed by atoms with Gasteiger partial charge in [-0.05, 0) is 48.4 Å². The first-order chi connectivity index (χ1) is 10.4. The highest BCUT2D eigenvalue weighted by molar-refractivity contribution is 5.55. The van der Waals surface area contributed by atoms with E-state index in [9.17, 15) is 0 Å². The molecule has 2 heteroatoms. The van der Waals surface area contributed by atoms with Crippen LogP contribution in [0.2, 0.25) is 0 Å². The van der Waals surface area contributed by atoms with Gasteiger partial charge in [-0.15, -0.1) is 0 Å². The molecule has 1 atom stereocenters. The minimum Gasteiger partial charge on any atom is -0.493 e. The van der Waals surface area contributed by atoms with Crippen molar-refractivity contribution in [2.24, 2.45) is 0 Å². The largest absolute Gasteiger partial charge is 0.493 e. The molecular weight excluding hydrogens is 258 g/mol. The molecule has 2 aromatic rings. The monoisotopic (exact) mass is 281 g/mol. The van der Waals surface area contributed by atoms with Crippen LogP contribution >= 0.6 is 0 Å². The molecule has 0 radical (unpaired) electrons. The van der Waals surface area contributed by atoms with Gasteiger partial charge in [0.05, 0.1) is 6.61 Å². The number of para-hydroxylation sites is 2. The van der Waals surface area contributed by atoms with E-state index < -0.39 is 0 Å². The molecule has 110 valence electrons. The van der Waals surface area contributed by atoms with E-state index in [0.717, 1.165) is 31.7 Å². The minimum atomic E-state index is 0.578. The first kappa shape index (κ1) is 14.0. The summed E-state index contributed by atoms with van der Waals surface area (Å²) in [4.78, 5) is 0. The molecule has 1 aliphatic heterocycles. The fraction of sp³-hybridized carbons (Fsp3) is 0.368. The van der Waals surface area contributed by atoms with E-state index in [2.05, 4.69) is 60.8 Å². The first-order valence-electron chi connectivity index (χ1n) is 7.92. The number of fused-ring (bicyclic) bond motifs is 1. The van der Waals surface area contributed by atoms with Crippen molar-refractivity contribution in [2.45, 2.75) is 32.1 Å². The van der Waals surface area contributed by atoms with Crippen LogP contribution in [0.15, 0.2) is 48.5 Å². The normalized spacial score (nSPS) is 16.9. The van der Waals surface area contributed by atoms with Gasteiger partial charge >= 0.3 is 0 Å². The molecule has 0 saturated heterocycles. The van der Waals surface area contributed by atoms with Crippen molar-refractivity contribution in [2.75, 3.05) is 18.5 Å². The number of hydrogen-bond acceptors (Lipinski definition) is 2. The summed E-state index contributed by atoms with van der Waals surface area (Å²) in [5.41, 5.74) is 4.06. The molecule has 1 aliphatic rings. The average molecular weight is 281 g/mol. The standard InChI is InChI=1S/C19H23NO/c1-2-13-21-19-10-6-3-7-16(19)14-15-11-12-20-18-9-5-4-8-17(15)18/h3-10,15,20H,2,11-14H2,1H3. The Bertz CT molecular complexity index is 594. The second-order valence-corrected chi connectivity index (χ2v) is 5.66. The highest BCUT2D eigenvalue weighted by atomic mass is 16.5. The van der Waals surface area contributed by atoms with Gasteiger partial charge in [-0.3, -0.25) is 0 Å². The molecule has 2 aromatic carbocycles. The van der Waals surface area contributed by atoms with Gasteiger partial charge in [0, 0.05) is 12.2 Å². The Hall–Kier alpha value is -1.96. The van der Waals surface area contributed by atoms with Crippen LogP contribution in [-0.2, 0) is 6.42 Å². The lowest BCUT2D eigenvalue weighted by atomic mass is 9.86. The van der Waals surface area contributed by atoms with Gasteiger partial charge in [0.25, 0.3) is 0 Å². The summed E-state index contributed by atoms with van der Waals surface area (Å²) in [5.74, 6) is 1.63. The maximum atomic E-state index is 5.90. The van der Waals surface area contributed by atoms with Gasteiger partial charge in [0.1, 0.15) is 5.75 Å². The number of ether oxygens (including phenoxy) is 1. The Morgan fingerprint density at radius 2 is 1.90 bits per heavy atom. The van der Waals surface area contributed by atoms with E-state index in [-0.39, 0.29) is 0 Å². The van der Waals surface area contributed by atoms with Crippen molar-refractivity contribution >= 4 is 5.69 Å². The predicted molar refractivity (Wildman–Crippen MR) is 88.2 cm³/mol. The van der Waals surface area contributed by atoms with Crippen LogP contribution in [-0.4, -0.2) is 13.2 Å². The predicted octanol–water partition coefficient (Wildman–Crippen LogP) is 4.62. The van der Waals surface area contributed by atoms with Gasteiger partial charge in [-0.2, -0.15) is 0 Å². The lowest BCUT2D eigenvalue weighted by molar-refractivity contribution is 0.313. The fourth-order valence-electron chi connectivity index (χ4n) is 3.05. The molecule has 0 aromatic heterocycles. The molecule has 2 nitrogen and oxygen atoms in total. The third-order valence-electron chi connectivity index (χ3n) is 4.11. The van der Waals surface area contributed by atoms with Crippen LogP contribution in [0.5, 0.6) is 5.75 Å². The second kappa shape index (κ2) is 6.66. The first-order valence-corrected chi connectivity index (χ1v) is 7.92. The zero-order valence-electron chi connectivity index (χ0n) is 12.6. The number of nitrogens with one attached hydrogen (secondary N) is 1. The van der Waals surface area contributed by atoms with Gasteiger partial charge in [-0.1, -0.05) is 43.3 Å². The molecule has 0 saturated carbocycles. The molecule has 1 heterocycles. The number of anilines is 1. The number of benzene rings is 2. The van der Waals surface area contributed by atoms with Crippen molar-refractivity contribution in [3.8, 4) is 5.75 Å². The fourth-order valence-corrected chi connectivity index (χ4v) is 3.05. The lowest BCUT2D eigenvalue weighted by Crippen LogP contribution is -2.18. The summed E-state index contributed by atoms with van der Waals surface area (Å²) >= 11 is 0. The Morgan fingerprint density at radius 1 is 1.10 bits per heavy atom. The van der Waals surface area contributed by atoms with Gasteiger partial charge in [0.15, 0.2) is 0 Å². The van der Waals surface area contributed by atoms with Crippen molar-refractivity contribution in [3.05, 3.63) is 59.7 Å². The van der Waals surface area contributed by atoms with Crippen molar-refractivity contribution in [3.63, 3.8) is 0 Å². The molecule has 0 amide bonds. The molecule has 1 N–H and O–H groups in total. The van der Waals surface area contributed by atoms with Gasteiger partial charge in [-0.25, -0.2) is 0 Å². The molecule has 1 unspecified atom stereocenters. The van der Waals surface area contributed by atoms with Crippen LogP contribution < -0.4 is 10.1 Å². The number of rotatable bonds is 5. The molecule has 0 fully saturated rings. The average Bonchev–Trinajstić information content (AvgIpc) is 2.54. The SMILES string of the molecule is CCCOc1ccccc1CC1CCNc2ccccc21. The highest BCUT2D eigenvalue weighted by Gasteiger charge is 2.20. The van der Waals surface area contributed by atoms with Crippen LogP contribution in [0, 0.1) is 0 Å². The molecule has 0 spiro atoms. The summed E-state index contributed by atoms with van der Waals surface area (Å²) in [6.07, 6.45) is 3.28. The maximum absolute atomic E-state index is 5.90. The Kier molecular flexibility index (Phi) is 4.44. The lowest BCUT2D eigenvalue weighted by Gasteiger charge is -2.27. The van der Waals surface area contributed by atoms with Crippen LogP contribution in [0.4, 0.5) is 5.69 Å². The molecular formula is C19H23NO. The third-order valence-corrected chi connectivity index (χ3v) is 4.11. The number of hydrogen-bond donors (Lipinski definition) is 1. The van der Waals surface area contributed by atoms with E-state index in [0.29, 0.717) is 5.92 Å². The molecule has 0 aliphatic carbocycles. The quantitative estimate of drug-likeness (QED) is 0.863.